The fourth-order valence-electron chi connectivity index (χ4n) is 6.93. The molecule has 51 heavy (non-hydrogen) atoms. The van der Waals surface area contributed by atoms with Crippen LogP contribution in [0, 0.1) is 28.8 Å². The van der Waals surface area contributed by atoms with Gasteiger partial charge in [0.25, 0.3) is 5.69 Å². The Bertz CT molecular complexity index is 1800. The maximum atomic E-state index is 14.0. The number of aliphatic hydroxyl groups is 1. The van der Waals surface area contributed by atoms with E-state index in [0.717, 1.165) is 28.8 Å². The minimum atomic E-state index is -1.62. The lowest BCUT2D eigenvalue weighted by Crippen LogP contribution is -2.53. The van der Waals surface area contributed by atoms with Crippen LogP contribution in [0.25, 0.3) is 0 Å². The van der Waals surface area contributed by atoms with Gasteiger partial charge < -0.3 is 29.0 Å². The monoisotopic (exact) mass is 729 g/mol. The van der Waals surface area contributed by atoms with Crippen LogP contribution in [0.3, 0.4) is 0 Å². The molecule has 4 bridgehead atoms. The maximum Gasteiger partial charge on any atom is 0.412 e. The highest BCUT2D eigenvalue weighted by molar-refractivity contribution is 6.34. The van der Waals surface area contributed by atoms with Crippen LogP contribution in [-0.2, 0) is 35.0 Å². The molecule has 13 nitrogen and oxygen atoms in total. The standard InChI is InChI=1S/C36H41ClFN3O10/c1-19-8-7-9-28(48-6)36(45)17-27(49-31(43)18-36)21(3)33-35(4,51-33)29(50-34(44)39-24-11-10-23(38)15-25(24)41(46)47)16-30(42)40(5)26-14-22(12-19)13-20(2)32(26)37/h7-11,13-15,21,27-29,33,45H,12,16-18H2,1-6H3,(H,39,44)/b9-7+,19-8+/t21-,27+,28-,29+,33+,35+,36-/m1/s1. The SMILES string of the molecule is CO[C@@H]1/C=C/C=C(\C)Cc2cc(C)c(Cl)c(c2)N(C)C(=O)C[C@H](OC(=O)Nc2ccc(F)cc2[N+](=O)[O-])[C@]2(C)O[C@H]2[C@H](C)[C@@H]2C[C@@]1(O)CC(=O)O2. The van der Waals surface area contributed by atoms with E-state index in [1.54, 1.807) is 39.1 Å². The third-order valence-electron chi connectivity index (χ3n) is 9.85. The molecule has 2 N–H and O–H groups in total. The van der Waals surface area contributed by atoms with Gasteiger partial charge in [-0.1, -0.05) is 48.4 Å². The minimum Gasteiger partial charge on any atom is -0.462 e. The number of amides is 2. The second-order valence-corrected chi connectivity index (χ2v) is 14.0. The highest BCUT2D eigenvalue weighted by Crippen LogP contribution is 2.49. The van der Waals surface area contributed by atoms with Gasteiger partial charge in [0, 0.05) is 26.5 Å². The first-order valence-corrected chi connectivity index (χ1v) is 16.8. The lowest BCUT2D eigenvalue weighted by Gasteiger charge is -2.41. The van der Waals surface area contributed by atoms with E-state index in [4.69, 9.17) is 30.5 Å². The van der Waals surface area contributed by atoms with Crippen molar-refractivity contribution in [2.45, 2.75) is 89.0 Å². The van der Waals surface area contributed by atoms with Gasteiger partial charge >= 0.3 is 12.1 Å². The van der Waals surface area contributed by atoms with Crippen molar-refractivity contribution in [1.29, 1.82) is 0 Å². The van der Waals surface area contributed by atoms with Crippen LogP contribution in [0.2, 0.25) is 5.02 Å². The number of anilines is 2. The van der Waals surface area contributed by atoms with Gasteiger partial charge in [0.1, 0.15) is 41.0 Å². The summed E-state index contributed by atoms with van der Waals surface area (Å²) < 4.78 is 37.1. The number of nitrogens with one attached hydrogen (secondary N) is 1. The highest BCUT2D eigenvalue weighted by Gasteiger charge is 2.64. The fourth-order valence-corrected chi connectivity index (χ4v) is 7.16. The number of esters is 1. The number of carbonyl (C=O) groups is 3. The van der Waals surface area contributed by atoms with Gasteiger partial charge in [-0.25, -0.2) is 9.18 Å². The zero-order valence-corrected chi connectivity index (χ0v) is 29.9. The highest BCUT2D eigenvalue weighted by atomic mass is 35.5. The van der Waals surface area contributed by atoms with E-state index in [0.29, 0.717) is 23.2 Å². The number of epoxide rings is 1. The third-order valence-corrected chi connectivity index (χ3v) is 10.3. The number of hydrogen-bond donors (Lipinski definition) is 2. The number of nitro groups is 1. The second kappa shape index (κ2) is 14.7. The Labute approximate surface area is 299 Å². The van der Waals surface area contributed by atoms with Gasteiger partial charge in [-0.2, -0.15) is 0 Å². The molecule has 0 saturated carbocycles. The molecule has 3 aliphatic heterocycles. The number of rotatable bonds is 4. The van der Waals surface area contributed by atoms with Crippen molar-refractivity contribution in [3.8, 4) is 0 Å². The maximum absolute atomic E-state index is 14.0. The quantitative estimate of drug-likeness (QED) is 0.165. The predicted molar refractivity (Wildman–Crippen MR) is 185 cm³/mol. The summed E-state index contributed by atoms with van der Waals surface area (Å²) in [5.41, 5.74) is -0.968. The molecule has 0 spiro atoms. The van der Waals surface area contributed by atoms with E-state index in [-0.39, 0.29) is 18.5 Å². The summed E-state index contributed by atoms with van der Waals surface area (Å²) >= 11 is 6.71. The summed E-state index contributed by atoms with van der Waals surface area (Å²) in [5.74, 6) is -2.56. The first-order chi connectivity index (χ1) is 23.9. The number of nitrogens with zero attached hydrogens (tertiary/aromatic N) is 2. The van der Waals surface area contributed by atoms with E-state index in [1.165, 1.54) is 12.0 Å². The van der Waals surface area contributed by atoms with E-state index >= 15 is 0 Å². The Hall–Kier alpha value is -4.37. The number of halogens is 2. The summed E-state index contributed by atoms with van der Waals surface area (Å²) in [4.78, 5) is 52.2. The molecule has 0 aliphatic carbocycles. The van der Waals surface area contributed by atoms with E-state index in [1.807, 2.05) is 26.0 Å². The smallest absolute Gasteiger partial charge is 0.412 e. The Morgan fingerprint density at radius 2 is 1.96 bits per heavy atom. The summed E-state index contributed by atoms with van der Waals surface area (Å²) in [5, 5.41) is 26.0. The first-order valence-electron chi connectivity index (χ1n) is 16.4. The molecular weight excluding hydrogens is 689 g/mol. The lowest BCUT2D eigenvalue weighted by atomic mass is 9.78. The van der Waals surface area contributed by atoms with E-state index in [2.05, 4.69) is 5.32 Å². The molecular formula is C36H41ClFN3O10. The van der Waals surface area contributed by atoms with Gasteiger partial charge in [-0.3, -0.25) is 25.0 Å². The molecule has 2 fully saturated rings. The van der Waals surface area contributed by atoms with Crippen LogP contribution in [-0.4, -0.2) is 77.8 Å². The van der Waals surface area contributed by atoms with Crippen LogP contribution in [0.5, 0.6) is 0 Å². The number of carbonyl (C=O) groups excluding carboxylic acids is 3. The van der Waals surface area contributed by atoms with Gasteiger partial charge in [-0.15, -0.1) is 0 Å². The van der Waals surface area contributed by atoms with Gasteiger partial charge in [-0.05, 0) is 56.5 Å². The average Bonchev–Trinajstić information content (AvgIpc) is 3.75. The van der Waals surface area contributed by atoms with Crippen molar-refractivity contribution in [1.82, 2.24) is 0 Å². The normalized spacial score (nSPS) is 31.4. The minimum absolute atomic E-state index is 0.00686. The van der Waals surface area contributed by atoms with Crippen molar-refractivity contribution in [3.63, 3.8) is 0 Å². The average molecular weight is 730 g/mol. The molecule has 0 radical (unpaired) electrons. The Morgan fingerprint density at radius 1 is 1.24 bits per heavy atom. The molecule has 0 aromatic heterocycles. The summed E-state index contributed by atoms with van der Waals surface area (Å²) in [6, 6.07) is 6.33. The fraction of sp³-hybridized carbons (Fsp3) is 0.472. The number of nitro benzene ring substituents is 1. The summed E-state index contributed by atoms with van der Waals surface area (Å²) in [6.07, 6.45) is 0.268. The molecule has 274 valence electrons. The zero-order valence-electron chi connectivity index (χ0n) is 29.1. The van der Waals surface area contributed by atoms with Crippen molar-refractivity contribution in [2.24, 2.45) is 5.92 Å². The summed E-state index contributed by atoms with van der Waals surface area (Å²) in [6.45, 7) is 7.14. The number of aryl methyl sites for hydroxylation is 1. The Kier molecular flexibility index (Phi) is 10.9. The molecule has 2 aromatic rings. The number of ether oxygens (including phenoxy) is 4. The topological polar surface area (TPSA) is 170 Å². The predicted octanol–water partition coefficient (Wildman–Crippen LogP) is 5.97. The van der Waals surface area contributed by atoms with Crippen molar-refractivity contribution in [2.75, 3.05) is 24.4 Å². The van der Waals surface area contributed by atoms with Gasteiger partial charge in [0.15, 0.2) is 0 Å². The largest absolute Gasteiger partial charge is 0.462 e. The Morgan fingerprint density at radius 3 is 2.65 bits per heavy atom. The first kappa shape index (κ1) is 37.9. The van der Waals surface area contributed by atoms with Crippen molar-refractivity contribution in [3.05, 3.63) is 86.2 Å². The number of methoxy groups -OCH3 is 1. The van der Waals surface area contributed by atoms with Crippen molar-refractivity contribution < 1.29 is 47.8 Å². The number of benzene rings is 2. The zero-order chi connectivity index (χ0) is 37.4. The Balaban J connectivity index is 1.53. The molecule has 3 heterocycles. The van der Waals surface area contributed by atoms with Crippen molar-refractivity contribution >= 4 is 46.6 Å². The van der Waals surface area contributed by atoms with Gasteiger partial charge in [0.05, 0.1) is 40.6 Å². The van der Waals surface area contributed by atoms with Crippen LogP contribution in [0.15, 0.2) is 54.1 Å². The molecule has 15 heteroatoms. The van der Waals surface area contributed by atoms with E-state index < -0.39 is 82.4 Å². The number of allylic oxidation sites excluding steroid dienone is 3. The van der Waals surface area contributed by atoms with Gasteiger partial charge in [0.2, 0.25) is 5.91 Å². The van der Waals surface area contributed by atoms with Crippen LogP contribution in [0.1, 0.15) is 51.2 Å². The van der Waals surface area contributed by atoms with Crippen LogP contribution >= 0.6 is 11.6 Å². The van der Waals surface area contributed by atoms with Crippen LogP contribution < -0.4 is 10.2 Å². The molecule has 5 rings (SSSR count). The van der Waals surface area contributed by atoms with Crippen LogP contribution in [0.4, 0.5) is 26.2 Å². The second-order valence-electron chi connectivity index (χ2n) is 13.7. The molecule has 3 aliphatic rings. The molecule has 2 saturated heterocycles. The summed E-state index contributed by atoms with van der Waals surface area (Å²) in [7, 11) is 2.99. The molecule has 2 aromatic carbocycles. The molecule has 0 unspecified atom stereocenters. The molecule has 7 atom stereocenters. The molecule has 2 amide bonds. The lowest BCUT2D eigenvalue weighted by molar-refractivity contribution is -0.384. The third kappa shape index (κ3) is 8.09. The number of hydrogen-bond acceptors (Lipinski definition) is 10. The van der Waals surface area contributed by atoms with E-state index in [9.17, 15) is 34.0 Å². The number of fused-ring (bicyclic) bond motifs is 5.